The normalized spacial score (nSPS) is 10.8. The lowest BCUT2D eigenvalue weighted by atomic mass is 10.2. The van der Waals surface area contributed by atoms with Crippen molar-refractivity contribution in [3.63, 3.8) is 0 Å². The van der Waals surface area contributed by atoms with Crippen molar-refractivity contribution < 1.29 is 9.72 Å². The molecule has 1 aromatic heterocycles. The quantitative estimate of drug-likeness (QED) is 0.509. The minimum Gasteiger partial charge on any atom is -0.372 e. The van der Waals surface area contributed by atoms with Crippen LogP contribution in [0.15, 0.2) is 23.3 Å². The van der Waals surface area contributed by atoms with Crippen molar-refractivity contribution >= 4 is 34.8 Å². The zero-order valence-corrected chi connectivity index (χ0v) is 14.5. The summed E-state index contributed by atoms with van der Waals surface area (Å²) >= 11 is 1.29. The van der Waals surface area contributed by atoms with E-state index in [9.17, 15) is 14.9 Å². The van der Waals surface area contributed by atoms with Crippen molar-refractivity contribution in [1.29, 1.82) is 0 Å². The van der Waals surface area contributed by atoms with E-state index in [1.54, 1.807) is 38.1 Å². The third kappa shape index (κ3) is 3.93. The van der Waals surface area contributed by atoms with Crippen LogP contribution in [0.3, 0.4) is 0 Å². The van der Waals surface area contributed by atoms with Crippen LogP contribution >= 0.6 is 11.3 Å². The van der Waals surface area contributed by atoms with Crippen LogP contribution in [0.4, 0.5) is 11.4 Å². The molecule has 0 radical (unpaired) electrons. The average molecular weight is 347 g/mol. The van der Waals surface area contributed by atoms with Crippen molar-refractivity contribution in [1.82, 2.24) is 10.4 Å². The van der Waals surface area contributed by atoms with Crippen LogP contribution in [0.25, 0.3) is 0 Å². The van der Waals surface area contributed by atoms with Gasteiger partial charge in [0.2, 0.25) is 0 Å². The summed E-state index contributed by atoms with van der Waals surface area (Å²) in [6, 6.07) is 4.74. The lowest BCUT2D eigenvalue weighted by Crippen LogP contribution is -2.17. The van der Waals surface area contributed by atoms with Crippen molar-refractivity contribution in [3.8, 4) is 0 Å². The van der Waals surface area contributed by atoms with E-state index in [0.717, 1.165) is 5.01 Å². The number of nitrogens with one attached hydrogen (secondary N) is 1. The van der Waals surface area contributed by atoms with Gasteiger partial charge in [-0.3, -0.25) is 14.9 Å². The van der Waals surface area contributed by atoms with Crippen LogP contribution in [0.2, 0.25) is 0 Å². The number of hydrazone groups is 1. The smallest absolute Gasteiger partial charge is 0.293 e. The zero-order valence-electron chi connectivity index (χ0n) is 13.7. The highest BCUT2D eigenvalue weighted by Crippen LogP contribution is 2.27. The second-order valence-electron chi connectivity index (χ2n) is 5.25. The van der Waals surface area contributed by atoms with Crippen LogP contribution in [0.5, 0.6) is 0 Å². The number of aromatic nitrogens is 1. The number of thiazole rings is 1. The number of hydrogen-bond acceptors (Lipinski definition) is 7. The number of rotatable bonds is 5. The number of anilines is 1. The van der Waals surface area contributed by atoms with Gasteiger partial charge in [-0.1, -0.05) is 6.07 Å². The van der Waals surface area contributed by atoms with Crippen molar-refractivity contribution in [3.05, 3.63) is 49.5 Å². The van der Waals surface area contributed by atoms with Crippen molar-refractivity contribution in [2.75, 3.05) is 19.0 Å². The maximum atomic E-state index is 12.0. The van der Waals surface area contributed by atoms with Gasteiger partial charge in [-0.2, -0.15) is 5.10 Å². The van der Waals surface area contributed by atoms with Crippen molar-refractivity contribution in [2.24, 2.45) is 5.10 Å². The Morgan fingerprint density at radius 2 is 2.12 bits per heavy atom. The molecule has 0 bridgehead atoms. The third-order valence-electron chi connectivity index (χ3n) is 3.17. The SMILES string of the molecule is Cc1nc(C)c(C(=O)N/N=C\c2ccc(N(C)C)c([N+](=O)[O-])c2)s1. The predicted octanol–water partition coefficient (Wildman–Crippen LogP) is 2.50. The monoisotopic (exact) mass is 347 g/mol. The van der Waals surface area contributed by atoms with E-state index in [1.165, 1.54) is 23.6 Å². The second-order valence-corrected chi connectivity index (χ2v) is 6.45. The molecule has 0 aliphatic rings. The molecule has 0 fully saturated rings. The molecule has 0 aliphatic heterocycles. The molecule has 9 heteroatoms. The van der Waals surface area contributed by atoms with Gasteiger partial charge in [0, 0.05) is 25.7 Å². The fraction of sp³-hybridized carbons (Fsp3) is 0.267. The Morgan fingerprint density at radius 3 is 2.67 bits per heavy atom. The first-order valence-electron chi connectivity index (χ1n) is 7.02. The Balaban J connectivity index is 2.14. The summed E-state index contributed by atoms with van der Waals surface area (Å²) in [6.45, 7) is 3.58. The Morgan fingerprint density at radius 1 is 1.42 bits per heavy atom. The highest BCUT2D eigenvalue weighted by atomic mass is 32.1. The molecule has 0 unspecified atom stereocenters. The first kappa shape index (κ1) is 17.5. The number of nitro groups is 1. The van der Waals surface area contributed by atoms with E-state index in [2.05, 4.69) is 15.5 Å². The van der Waals surface area contributed by atoms with E-state index in [-0.39, 0.29) is 11.6 Å². The molecule has 0 atom stereocenters. The van der Waals surface area contributed by atoms with Gasteiger partial charge in [-0.15, -0.1) is 11.3 Å². The summed E-state index contributed by atoms with van der Waals surface area (Å²) in [7, 11) is 3.46. The van der Waals surface area contributed by atoms with Gasteiger partial charge in [0.25, 0.3) is 11.6 Å². The standard InChI is InChI=1S/C15H17N5O3S/c1-9-14(24-10(2)17-9)15(21)18-16-8-11-5-6-12(19(3)4)13(7-11)20(22)23/h5-8H,1-4H3,(H,18,21)/b16-8-. The number of hydrogen-bond donors (Lipinski definition) is 1. The third-order valence-corrected chi connectivity index (χ3v) is 4.24. The molecule has 1 aromatic carbocycles. The Bertz CT molecular complexity index is 813. The number of nitrogens with zero attached hydrogens (tertiary/aromatic N) is 4. The van der Waals surface area contributed by atoms with E-state index >= 15 is 0 Å². The van der Waals surface area contributed by atoms with Crippen LogP contribution < -0.4 is 10.3 Å². The highest BCUT2D eigenvalue weighted by molar-refractivity contribution is 7.13. The van der Waals surface area contributed by atoms with E-state index in [1.807, 2.05) is 6.92 Å². The molecule has 2 rings (SSSR count). The number of benzene rings is 1. The molecule has 0 aliphatic carbocycles. The predicted molar refractivity (Wildman–Crippen MR) is 94.1 cm³/mol. The first-order valence-corrected chi connectivity index (χ1v) is 7.84. The highest BCUT2D eigenvalue weighted by Gasteiger charge is 2.16. The summed E-state index contributed by atoms with van der Waals surface area (Å²) in [4.78, 5) is 29.1. The van der Waals surface area contributed by atoms with Gasteiger partial charge >= 0.3 is 0 Å². The number of carbonyl (C=O) groups excluding carboxylic acids is 1. The van der Waals surface area contributed by atoms with Gasteiger partial charge in [-0.05, 0) is 19.9 Å². The van der Waals surface area contributed by atoms with E-state index < -0.39 is 4.92 Å². The molecule has 1 heterocycles. The van der Waals surface area contributed by atoms with Gasteiger partial charge in [0.1, 0.15) is 10.6 Å². The van der Waals surface area contributed by atoms with Crippen LogP contribution in [0.1, 0.15) is 25.9 Å². The molecule has 8 nitrogen and oxygen atoms in total. The van der Waals surface area contributed by atoms with Crippen LogP contribution in [0, 0.1) is 24.0 Å². The Labute approximate surface area is 143 Å². The maximum Gasteiger partial charge on any atom is 0.293 e. The van der Waals surface area contributed by atoms with Gasteiger partial charge in [-0.25, -0.2) is 10.4 Å². The van der Waals surface area contributed by atoms with Gasteiger partial charge < -0.3 is 4.90 Å². The second kappa shape index (κ2) is 7.18. The number of aryl methyl sites for hydroxylation is 2. The lowest BCUT2D eigenvalue weighted by molar-refractivity contribution is -0.384. The van der Waals surface area contributed by atoms with Crippen LogP contribution in [-0.2, 0) is 0 Å². The molecular weight excluding hydrogens is 330 g/mol. The lowest BCUT2D eigenvalue weighted by Gasteiger charge is -2.12. The zero-order chi connectivity index (χ0) is 17.9. The largest absolute Gasteiger partial charge is 0.372 e. The molecule has 0 saturated heterocycles. The molecule has 1 amide bonds. The molecule has 1 N–H and O–H groups in total. The van der Waals surface area contributed by atoms with Crippen molar-refractivity contribution in [2.45, 2.75) is 13.8 Å². The molecule has 2 aromatic rings. The first-order chi connectivity index (χ1) is 11.3. The van der Waals surface area contributed by atoms with Crippen LogP contribution in [-0.4, -0.2) is 36.1 Å². The molecule has 0 spiro atoms. The van der Waals surface area contributed by atoms with Gasteiger partial charge in [0.05, 0.1) is 21.8 Å². The maximum absolute atomic E-state index is 12.0. The van der Waals surface area contributed by atoms with Gasteiger partial charge in [0.15, 0.2) is 0 Å². The average Bonchev–Trinajstić information content (AvgIpc) is 2.85. The summed E-state index contributed by atoms with van der Waals surface area (Å²) in [5.74, 6) is -0.353. The molecule has 126 valence electrons. The number of amides is 1. The summed E-state index contributed by atoms with van der Waals surface area (Å²) < 4.78 is 0. The fourth-order valence-electron chi connectivity index (χ4n) is 2.10. The summed E-state index contributed by atoms with van der Waals surface area (Å²) in [6.07, 6.45) is 1.37. The minimum atomic E-state index is -0.450. The fourth-order valence-corrected chi connectivity index (χ4v) is 2.91. The molecule has 0 saturated carbocycles. The Hall–Kier alpha value is -2.81. The number of nitro benzene ring substituents is 1. The summed E-state index contributed by atoms with van der Waals surface area (Å²) in [5, 5.41) is 15.8. The topological polar surface area (TPSA) is 101 Å². The summed E-state index contributed by atoms with van der Waals surface area (Å²) in [5.41, 5.74) is 4.05. The molecule has 24 heavy (non-hydrogen) atoms. The van der Waals surface area contributed by atoms with E-state index in [0.29, 0.717) is 21.8 Å². The van der Waals surface area contributed by atoms with E-state index in [4.69, 9.17) is 0 Å². The number of carbonyl (C=O) groups is 1. The molecular formula is C15H17N5O3S. The Kier molecular flexibility index (Phi) is 5.24. The minimum absolute atomic E-state index is 0.0239.